The third kappa shape index (κ3) is 6.35. The highest BCUT2D eigenvalue weighted by Gasteiger charge is 2.21. The number of thiazole rings is 1. The number of fused-ring (bicyclic) bond motifs is 1. The zero-order valence-corrected chi connectivity index (χ0v) is 19.1. The molecule has 5 nitrogen and oxygen atoms in total. The zero-order chi connectivity index (χ0) is 21.5. The van der Waals surface area contributed by atoms with Gasteiger partial charge in [-0.15, -0.1) is 11.3 Å². The molecule has 1 atom stereocenters. The van der Waals surface area contributed by atoms with Gasteiger partial charge in [-0.25, -0.2) is 4.98 Å². The molecule has 2 aromatic carbocycles. The summed E-state index contributed by atoms with van der Waals surface area (Å²) in [7, 11) is 2.17. The van der Waals surface area contributed by atoms with Crippen LogP contribution < -0.4 is 5.32 Å². The number of unbranched alkanes of at least 4 members (excludes halogenated alkanes) is 1. The predicted octanol–water partition coefficient (Wildman–Crippen LogP) is 4.11. The lowest BCUT2D eigenvalue weighted by Crippen LogP contribution is -2.47. The molecule has 31 heavy (non-hydrogen) atoms. The fraction of sp³-hybridized carbons (Fsp3) is 0.440. The summed E-state index contributed by atoms with van der Waals surface area (Å²) in [5, 5.41) is 4.47. The summed E-state index contributed by atoms with van der Waals surface area (Å²) in [6.45, 7) is 5.15. The molecule has 1 saturated heterocycles. The Labute approximate surface area is 189 Å². The van der Waals surface area contributed by atoms with Crippen LogP contribution in [-0.2, 0) is 11.2 Å². The fourth-order valence-electron chi connectivity index (χ4n) is 4.06. The Kier molecular flexibility index (Phi) is 7.67. The number of amides is 1. The largest absolute Gasteiger partial charge is 0.348 e. The van der Waals surface area contributed by atoms with Crippen LogP contribution >= 0.6 is 11.3 Å². The lowest BCUT2D eigenvalue weighted by molar-refractivity contribution is -0.122. The summed E-state index contributed by atoms with van der Waals surface area (Å²) >= 11 is 1.76. The van der Waals surface area contributed by atoms with Gasteiger partial charge in [-0.2, -0.15) is 0 Å². The number of hydrogen-bond acceptors (Lipinski definition) is 5. The number of aryl methyl sites for hydroxylation is 1. The Morgan fingerprint density at radius 2 is 1.77 bits per heavy atom. The van der Waals surface area contributed by atoms with E-state index in [-0.39, 0.29) is 11.9 Å². The molecule has 164 valence electrons. The van der Waals surface area contributed by atoms with Crippen LogP contribution in [-0.4, -0.2) is 60.5 Å². The van der Waals surface area contributed by atoms with Gasteiger partial charge in [0.15, 0.2) is 0 Å². The summed E-state index contributed by atoms with van der Waals surface area (Å²) in [5.41, 5.74) is 2.26. The lowest BCUT2D eigenvalue weighted by Gasteiger charge is -2.35. The summed E-state index contributed by atoms with van der Waals surface area (Å²) in [6, 6.07) is 18.7. The molecular weight excluding hydrogens is 404 g/mol. The van der Waals surface area contributed by atoms with Gasteiger partial charge < -0.3 is 10.2 Å². The monoisotopic (exact) mass is 436 g/mol. The van der Waals surface area contributed by atoms with Crippen molar-refractivity contribution in [3.8, 4) is 0 Å². The molecule has 1 aromatic heterocycles. The van der Waals surface area contributed by atoms with E-state index in [4.69, 9.17) is 4.98 Å². The van der Waals surface area contributed by atoms with E-state index in [1.54, 1.807) is 11.3 Å². The molecule has 0 spiro atoms. The first-order valence-corrected chi connectivity index (χ1v) is 12.1. The molecule has 0 aliphatic carbocycles. The second-order valence-electron chi connectivity index (χ2n) is 8.42. The first-order chi connectivity index (χ1) is 15.2. The molecule has 1 aliphatic rings. The van der Waals surface area contributed by atoms with Crippen molar-refractivity contribution in [2.45, 2.75) is 31.7 Å². The zero-order valence-electron chi connectivity index (χ0n) is 18.3. The highest BCUT2D eigenvalue weighted by atomic mass is 32.1. The minimum atomic E-state index is 0.0429. The minimum Gasteiger partial charge on any atom is -0.348 e. The molecule has 0 bridgehead atoms. The van der Waals surface area contributed by atoms with Gasteiger partial charge in [-0.3, -0.25) is 9.69 Å². The molecule has 0 radical (unpaired) electrons. The number of rotatable bonds is 9. The quantitative estimate of drug-likeness (QED) is 0.513. The maximum atomic E-state index is 12.7. The normalized spacial score (nSPS) is 16.4. The van der Waals surface area contributed by atoms with E-state index in [2.05, 4.69) is 64.6 Å². The van der Waals surface area contributed by atoms with Crippen molar-refractivity contribution in [1.82, 2.24) is 20.1 Å². The number of carbonyl (C=O) groups excluding carboxylic acids is 1. The van der Waals surface area contributed by atoms with Gasteiger partial charge in [0.1, 0.15) is 0 Å². The molecule has 1 aliphatic heterocycles. The predicted molar refractivity (Wildman–Crippen MR) is 128 cm³/mol. The van der Waals surface area contributed by atoms with Gasteiger partial charge in [0.25, 0.3) is 0 Å². The number of para-hydroxylation sites is 1. The second kappa shape index (κ2) is 10.8. The van der Waals surface area contributed by atoms with Crippen molar-refractivity contribution in [1.29, 1.82) is 0 Å². The smallest absolute Gasteiger partial charge is 0.220 e. The van der Waals surface area contributed by atoms with Crippen LogP contribution in [0.1, 0.15) is 35.9 Å². The summed E-state index contributed by atoms with van der Waals surface area (Å²) < 4.78 is 1.24. The van der Waals surface area contributed by atoms with E-state index in [9.17, 15) is 4.79 Å². The van der Waals surface area contributed by atoms with Gasteiger partial charge >= 0.3 is 0 Å². The molecular formula is C25H32N4OS. The van der Waals surface area contributed by atoms with E-state index in [1.807, 2.05) is 12.1 Å². The highest BCUT2D eigenvalue weighted by molar-refractivity contribution is 7.18. The molecule has 1 amide bonds. The molecule has 1 N–H and O–H groups in total. The first kappa shape index (κ1) is 21.9. The SMILES string of the molecule is CN1CCN(CC(NC(=O)CCCCc2nc3ccccc3s2)c2ccccc2)CC1. The number of nitrogens with zero attached hydrogens (tertiary/aromatic N) is 3. The second-order valence-corrected chi connectivity index (χ2v) is 9.53. The molecule has 1 fully saturated rings. The van der Waals surface area contributed by atoms with Crippen LogP contribution in [0.5, 0.6) is 0 Å². The molecule has 0 saturated carbocycles. The van der Waals surface area contributed by atoms with Crippen molar-refractivity contribution < 1.29 is 4.79 Å². The Morgan fingerprint density at radius 3 is 2.55 bits per heavy atom. The van der Waals surface area contributed by atoms with Gasteiger partial charge in [0, 0.05) is 39.1 Å². The van der Waals surface area contributed by atoms with E-state index in [0.717, 1.165) is 57.5 Å². The number of aromatic nitrogens is 1. The lowest BCUT2D eigenvalue weighted by atomic mass is 10.1. The van der Waals surface area contributed by atoms with Crippen molar-refractivity contribution in [3.05, 3.63) is 65.2 Å². The van der Waals surface area contributed by atoms with Crippen LogP contribution in [0.4, 0.5) is 0 Å². The van der Waals surface area contributed by atoms with E-state index in [1.165, 1.54) is 15.3 Å². The summed E-state index contributed by atoms with van der Waals surface area (Å²) in [5.74, 6) is 0.146. The van der Waals surface area contributed by atoms with Crippen LogP contribution in [0.3, 0.4) is 0 Å². The average Bonchev–Trinajstić information content (AvgIpc) is 3.21. The highest BCUT2D eigenvalue weighted by Crippen LogP contribution is 2.23. The first-order valence-electron chi connectivity index (χ1n) is 11.3. The number of benzene rings is 2. The van der Waals surface area contributed by atoms with Crippen molar-refractivity contribution in [2.24, 2.45) is 0 Å². The molecule has 1 unspecified atom stereocenters. The number of carbonyl (C=O) groups is 1. The van der Waals surface area contributed by atoms with Gasteiger partial charge in [-0.1, -0.05) is 42.5 Å². The summed E-state index contributed by atoms with van der Waals surface area (Å²) in [6.07, 6.45) is 3.38. The van der Waals surface area contributed by atoms with Crippen LogP contribution in [0.2, 0.25) is 0 Å². The number of piperazine rings is 1. The topological polar surface area (TPSA) is 48.5 Å². The average molecular weight is 437 g/mol. The van der Waals surface area contributed by atoms with Crippen LogP contribution in [0.25, 0.3) is 10.2 Å². The molecule has 6 heteroatoms. The minimum absolute atomic E-state index is 0.0429. The summed E-state index contributed by atoms with van der Waals surface area (Å²) in [4.78, 5) is 22.2. The van der Waals surface area contributed by atoms with E-state index in [0.29, 0.717) is 6.42 Å². The Bertz CT molecular complexity index is 933. The van der Waals surface area contributed by atoms with Crippen LogP contribution in [0.15, 0.2) is 54.6 Å². The number of hydrogen-bond donors (Lipinski definition) is 1. The van der Waals surface area contributed by atoms with Gasteiger partial charge in [-0.05, 0) is 44.0 Å². The van der Waals surface area contributed by atoms with Gasteiger partial charge in [0.05, 0.1) is 21.3 Å². The fourth-order valence-corrected chi connectivity index (χ4v) is 5.07. The standard InChI is InChI=1S/C25H32N4OS/c1-28-15-17-29(18-16-28)19-22(20-9-3-2-4-10-20)26-24(30)13-7-8-14-25-27-21-11-5-6-12-23(21)31-25/h2-6,9-12,22H,7-8,13-19H2,1H3,(H,26,30). The van der Waals surface area contributed by atoms with Crippen molar-refractivity contribution in [2.75, 3.05) is 39.8 Å². The Morgan fingerprint density at radius 1 is 1.03 bits per heavy atom. The van der Waals surface area contributed by atoms with Gasteiger partial charge in [0.2, 0.25) is 5.91 Å². The Balaban J connectivity index is 1.26. The molecule has 3 aromatic rings. The third-order valence-electron chi connectivity index (χ3n) is 5.96. The number of likely N-dealkylation sites (N-methyl/N-ethyl adjacent to an activating group) is 1. The third-order valence-corrected chi connectivity index (χ3v) is 7.05. The Hall–Kier alpha value is -2.28. The van der Waals surface area contributed by atoms with Crippen molar-refractivity contribution >= 4 is 27.5 Å². The van der Waals surface area contributed by atoms with Crippen LogP contribution in [0, 0.1) is 0 Å². The molecule has 2 heterocycles. The van der Waals surface area contributed by atoms with Crippen molar-refractivity contribution in [3.63, 3.8) is 0 Å². The maximum absolute atomic E-state index is 12.7. The maximum Gasteiger partial charge on any atom is 0.220 e. The van der Waals surface area contributed by atoms with E-state index >= 15 is 0 Å². The number of nitrogens with one attached hydrogen (secondary N) is 1. The van der Waals surface area contributed by atoms with E-state index < -0.39 is 0 Å². The molecule has 4 rings (SSSR count).